The van der Waals surface area contributed by atoms with Crippen LogP contribution in [0, 0.1) is 0 Å². The van der Waals surface area contributed by atoms with E-state index >= 15 is 0 Å². The minimum absolute atomic E-state index is 0.187. The number of nitrogens with zero attached hydrogens (tertiary/aromatic N) is 2. The number of hydrogen-bond acceptors (Lipinski definition) is 2. The van der Waals surface area contributed by atoms with Crippen LogP contribution in [-0.2, 0) is 4.79 Å². The number of carbonyl (C=O) groups is 2. The van der Waals surface area contributed by atoms with Crippen LogP contribution in [0.15, 0.2) is 23.2 Å². The van der Waals surface area contributed by atoms with Crippen LogP contribution >= 0.6 is 11.6 Å². The van der Waals surface area contributed by atoms with Gasteiger partial charge in [-0.05, 0) is 24.6 Å². The molecule has 10 heteroatoms. The number of rotatable bonds is 2. The summed E-state index contributed by atoms with van der Waals surface area (Å²) in [6.07, 6.45) is -5.25. The minimum Gasteiger partial charge on any atom is -0.370 e. The molecule has 6 nitrogen and oxygen atoms in total. The number of aliphatic imine (C=N–C) groups is 1. The van der Waals surface area contributed by atoms with Gasteiger partial charge in [0.2, 0.25) is 5.91 Å². The van der Waals surface area contributed by atoms with Crippen LogP contribution in [0.4, 0.5) is 13.2 Å². The van der Waals surface area contributed by atoms with Crippen molar-refractivity contribution < 1.29 is 22.8 Å². The average Bonchev–Trinajstić information content (AvgIpc) is 2.66. The number of nitrogens with two attached hydrogens (primary N) is 2. The van der Waals surface area contributed by atoms with Crippen LogP contribution in [0.3, 0.4) is 0 Å². The lowest BCUT2D eigenvalue weighted by atomic mass is 10.1. The van der Waals surface area contributed by atoms with E-state index < -0.39 is 12.6 Å². The van der Waals surface area contributed by atoms with Crippen molar-refractivity contribution in [2.75, 3.05) is 6.54 Å². The van der Waals surface area contributed by atoms with Gasteiger partial charge in [0, 0.05) is 24.1 Å². The summed E-state index contributed by atoms with van der Waals surface area (Å²) in [6, 6.07) is 4.49. The Hall–Kier alpha value is -2.29. The van der Waals surface area contributed by atoms with Crippen molar-refractivity contribution in [2.24, 2.45) is 16.5 Å². The number of halogens is 4. The summed E-state index contributed by atoms with van der Waals surface area (Å²) in [5.74, 6) is -0.947. The summed E-state index contributed by atoms with van der Waals surface area (Å²) >= 11 is 5.78. The lowest BCUT2D eigenvalue weighted by molar-refractivity contribution is -0.137. The van der Waals surface area contributed by atoms with Gasteiger partial charge in [0.25, 0.3) is 5.91 Å². The lowest BCUT2D eigenvalue weighted by Gasteiger charge is -2.22. The second-order valence-corrected chi connectivity index (χ2v) is 5.76. The molecule has 1 heterocycles. The van der Waals surface area contributed by atoms with Crippen molar-refractivity contribution in [3.8, 4) is 0 Å². The van der Waals surface area contributed by atoms with E-state index in [1.165, 1.54) is 17.9 Å². The average molecular weight is 379 g/mol. The molecule has 1 aromatic rings. The maximum atomic E-state index is 12.2. The number of benzene rings is 1. The van der Waals surface area contributed by atoms with E-state index in [9.17, 15) is 22.8 Å². The molecule has 25 heavy (non-hydrogen) atoms. The normalized spacial score (nSPS) is 16.0. The molecule has 0 radical (unpaired) electrons. The van der Waals surface area contributed by atoms with E-state index in [0.29, 0.717) is 10.6 Å². The molecular formula is C15H18ClF3N4O2. The molecule has 1 atom stereocenters. The van der Waals surface area contributed by atoms with Gasteiger partial charge in [-0.3, -0.25) is 9.59 Å². The second kappa shape index (κ2) is 8.19. The van der Waals surface area contributed by atoms with Crippen molar-refractivity contribution in [3.05, 3.63) is 34.3 Å². The Kier molecular flexibility index (Phi) is 6.80. The molecule has 0 aliphatic carbocycles. The van der Waals surface area contributed by atoms with Gasteiger partial charge in [0.15, 0.2) is 5.96 Å². The highest BCUT2D eigenvalue weighted by atomic mass is 35.5. The molecule has 0 bridgehead atoms. The number of alkyl halides is 3. The molecule has 1 aliphatic heterocycles. The standard InChI is InChI=1S/C12H11ClF3NO.C3H7N3O/c1-7-9-3-2-8(13)6-10(9)11(18)17(7)5-4-12(14,15)16;1-2(7)6-3(4)5/h2-3,6-7H,4-5H2,1H3;1H3,(H4,4,5,6,7). The summed E-state index contributed by atoms with van der Waals surface area (Å²) in [6.45, 7) is 2.67. The van der Waals surface area contributed by atoms with Crippen LogP contribution in [-0.4, -0.2) is 35.4 Å². The molecule has 0 saturated heterocycles. The van der Waals surface area contributed by atoms with Crippen molar-refractivity contribution in [1.82, 2.24) is 4.90 Å². The fourth-order valence-corrected chi connectivity index (χ4v) is 2.47. The third-order valence-electron chi connectivity index (χ3n) is 3.35. The predicted octanol–water partition coefficient (Wildman–Crippen LogP) is 2.62. The maximum absolute atomic E-state index is 12.2. The number of guanidine groups is 1. The quantitative estimate of drug-likeness (QED) is 0.610. The number of hydrogen-bond donors (Lipinski definition) is 2. The molecule has 0 spiro atoms. The summed E-state index contributed by atoms with van der Waals surface area (Å²) in [7, 11) is 0. The predicted molar refractivity (Wildman–Crippen MR) is 88.1 cm³/mol. The van der Waals surface area contributed by atoms with Crippen molar-refractivity contribution in [3.63, 3.8) is 0 Å². The summed E-state index contributed by atoms with van der Waals surface area (Å²) in [5.41, 5.74) is 10.7. The molecular weight excluding hydrogens is 361 g/mol. The Balaban J connectivity index is 0.000000381. The molecule has 0 aromatic heterocycles. The van der Waals surface area contributed by atoms with E-state index in [2.05, 4.69) is 4.99 Å². The van der Waals surface area contributed by atoms with E-state index in [-0.39, 0.29) is 30.4 Å². The summed E-state index contributed by atoms with van der Waals surface area (Å²) in [4.78, 5) is 26.2. The van der Waals surface area contributed by atoms with E-state index in [1.807, 2.05) is 0 Å². The monoisotopic (exact) mass is 378 g/mol. The molecule has 1 aromatic carbocycles. The third-order valence-corrected chi connectivity index (χ3v) is 3.58. The summed E-state index contributed by atoms with van der Waals surface area (Å²) < 4.78 is 36.6. The van der Waals surface area contributed by atoms with Crippen molar-refractivity contribution in [2.45, 2.75) is 32.5 Å². The SMILES string of the molecule is CC(=O)N=C(N)N.CC1c2ccc(Cl)cc2C(=O)N1CCC(F)(F)F. The largest absolute Gasteiger partial charge is 0.390 e. The van der Waals surface area contributed by atoms with Gasteiger partial charge < -0.3 is 16.4 Å². The summed E-state index contributed by atoms with van der Waals surface area (Å²) in [5, 5.41) is 0.409. The molecule has 2 amide bonds. The topological polar surface area (TPSA) is 102 Å². The first kappa shape index (κ1) is 20.8. The van der Waals surface area contributed by atoms with Crippen molar-refractivity contribution in [1.29, 1.82) is 0 Å². The first-order valence-corrected chi connectivity index (χ1v) is 7.57. The zero-order valence-electron chi connectivity index (χ0n) is 13.6. The molecule has 4 N–H and O–H groups in total. The molecule has 0 fully saturated rings. The van der Waals surface area contributed by atoms with Crippen molar-refractivity contribution >= 4 is 29.4 Å². The van der Waals surface area contributed by atoms with Crippen LogP contribution < -0.4 is 11.5 Å². The van der Waals surface area contributed by atoms with Gasteiger partial charge >= 0.3 is 6.18 Å². The Labute approximate surface area is 147 Å². The van der Waals surface area contributed by atoms with Gasteiger partial charge in [-0.1, -0.05) is 17.7 Å². The van der Waals surface area contributed by atoms with E-state index in [0.717, 1.165) is 5.56 Å². The van der Waals surface area contributed by atoms with E-state index in [1.54, 1.807) is 19.1 Å². The van der Waals surface area contributed by atoms with Gasteiger partial charge in [-0.25, -0.2) is 0 Å². The Morgan fingerprint density at radius 2 is 1.96 bits per heavy atom. The maximum Gasteiger partial charge on any atom is 0.390 e. The Bertz CT molecular complexity index is 688. The van der Waals surface area contributed by atoms with Gasteiger partial charge in [0.05, 0.1) is 12.5 Å². The first-order chi connectivity index (χ1) is 11.4. The highest BCUT2D eigenvalue weighted by Gasteiger charge is 2.36. The van der Waals surface area contributed by atoms with Crippen LogP contribution in [0.5, 0.6) is 0 Å². The Morgan fingerprint density at radius 1 is 1.36 bits per heavy atom. The van der Waals surface area contributed by atoms with Gasteiger partial charge in [0.1, 0.15) is 0 Å². The zero-order chi connectivity index (χ0) is 19.4. The molecule has 1 unspecified atom stereocenters. The molecule has 138 valence electrons. The number of amides is 2. The molecule has 1 aliphatic rings. The highest BCUT2D eigenvalue weighted by Crippen LogP contribution is 2.35. The highest BCUT2D eigenvalue weighted by molar-refractivity contribution is 6.31. The van der Waals surface area contributed by atoms with Crippen LogP contribution in [0.2, 0.25) is 5.02 Å². The fraction of sp³-hybridized carbons (Fsp3) is 0.400. The van der Waals surface area contributed by atoms with E-state index in [4.69, 9.17) is 23.1 Å². The fourth-order valence-electron chi connectivity index (χ4n) is 2.30. The molecule has 0 saturated carbocycles. The lowest BCUT2D eigenvalue weighted by Crippen LogP contribution is -2.30. The van der Waals surface area contributed by atoms with Crippen LogP contribution in [0.1, 0.15) is 42.2 Å². The smallest absolute Gasteiger partial charge is 0.370 e. The van der Waals surface area contributed by atoms with Gasteiger partial charge in [-0.15, -0.1) is 0 Å². The first-order valence-electron chi connectivity index (χ1n) is 7.19. The minimum atomic E-state index is -4.26. The number of carbonyl (C=O) groups excluding carboxylic acids is 2. The third kappa shape index (κ3) is 6.26. The second-order valence-electron chi connectivity index (χ2n) is 5.33. The zero-order valence-corrected chi connectivity index (χ0v) is 14.4. The Morgan fingerprint density at radius 3 is 2.40 bits per heavy atom. The van der Waals surface area contributed by atoms with Gasteiger partial charge in [-0.2, -0.15) is 18.2 Å². The molecule has 2 rings (SSSR count). The van der Waals surface area contributed by atoms with Crippen LogP contribution in [0.25, 0.3) is 0 Å². The number of fused-ring (bicyclic) bond motifs is 1.